The molecular weight excluding hydrogens is 548 g/mol. The molecule has 0 radical (unpaired) electrons. The summed E-state index contributed by atoms with van der Waals surface area (Å²) in [5.41, 5.74) is 2.26. The number of rotatable bonds is 8. The Kier molecular flexibility index (Phi) is 11.3. The number of para-hydroxylation sites is 1. The van der Waals surface area contributed by atoms with Gasteiger partial charge in [-0.3, -0.25) is 19.2 Å². The Labute approximate surface area is 251 Å². The number of amides is 4. The molecule has 5 N–H and O–H groups in total. The minimum atomic E-state index is -1.29. The minimum absolute atomic E-state index is 0.0106. The van der Waals surface area contributed by atoms with Crippen LogP contribution in [0.4, 0.5) is 0 Å². The molecule has 0 spiro atoms. The normalized spacial score (nSPS) is 20.2. The van der Waals surface area contributed by atoms with E-state index in [2.05, 4.69) is 21.3 Å². The Bertz CT molecular complexity index is 1380. The van der Waals surface area contributed by atoms with Gasteiger partial charge in [0.2, 0.25) is 17.7 Å². The van der Waals surface area contributed by atoms with Gasteiger partial charge in [0.25, 0.3) is 5.91 Å². The molecule has 4 amide bonds. The number of aliphatic hydroxyl groups is 1. The predicted octanol–water partition coefficient (Wildman–Crippen LogP) is 1.91. The smallest absolute Gasteiger partial charge is 0.255 e. The van der Waals surface area contributed by atoms with Gasteiger partial charge in [-0.25, -0.2) is 0 Å². The largest absolute Gasteiger partial charge is 0.491 e. The molecule has 4 atom stereocenters. The SMILES string of the molecule is C[C@@H](O)[C@@H]1NC(=O)C[C@@H](C(=O)NCCCc2ccccc2)NC(=O)c2ccccc2OC[C@@H](Cc2ccccc2)NC1=O. The first kappa shape index (κ1) is 31.2. The van der Waals surface area contributed by atoms with Crippen LogP contribution >= 0.6 is 0 Å². The van der Waals surface area contributed by atoms with Crippen molar-refractivity contribution in [2.45, 2.75) is 56.8 Å². The van der Waals surface area contributed by atoms with Crippen molar-refractivity contribution in [3.63, 3.8) is 0 Å². The second kappa shape index (κ2) is 15.5. The molecule has 0 saturated carbocycles. The van der Waals surface area contributed by atoms with Crippen molar-refractivity contribution >= 4 is 23.6 Å². The lowest BCUT2D eigenvalue weighted by atomic mass is 10.0. The highest BCUT2D eigenvalue weighted by Gasteiger charge is 2.31. The van der Waals surface area contributed by atoms with Gasteiger partial charge in [0.05, 0.1) is 24.1 Å². The summed E-state index contributed by atoms with van der Waals surface area (Å²) < 4.78 is 6.04. The zero-order chi connectivity index (χ0) is 30.6. The third-order valence-electron chi connectivity index (χ3n) is 7.12. The Morgan fingerprint density at radius 1 is 0.907 bits per heavy atom. The molecule has 226 valence electrons. The third-order valence-corrected chi connectivity index (χ3v) is 7.12. The van der Waals surface area contributed by atoms with E-state index >= 15 is 0 Å². The van der Waals surface area contributed by atoms with Crippen LogP contribution in [0.3, 0.4) is 0 Å². The average Bonchev–Trinajstić information content (AvgIpc) is 3.01. The molecule has 1 heterocycles. The van der Waals surface area contributed by atoms with Crippen LogP contribution in [0.2, 0.25) is 0 Å². The lowest BCUT2D eigenvalue weighted by Gasteiger charge is -2.27. The summed E-state index contributed by atoms with van der Waals surface area (Å²) in [6, 6.07) is 22.9. The summed E-state index contributed by atoms with van der Waals surface area (Å²) in [6.45, 7) is 1.74. The number of hydrogen-bond acceptors (Lipinski definition) is 6. The summed E-state index contributed by atoms with van der Waals surface area (Å²) in [5.74, 6) is -2.12. The van der Waals surface area contributed by atoms with E-state index in [1.807, 2.05) is 60.7 Å². The van der Waals surface area contributed by atoms with E-state index in [0.29, 0.717) is 19.4 Å². The van der Waals surface area contributed by atoms with E-state index in [0.717, 1.165) is 17.5 Å². The summed E-state index contributed by atoms with van der Waals surface area (Å²) in [7, 11) is 0. The van der Waals surface area contributed by atoms with E-state index in [9.17, 15) is 24.3 Å². The molecule has 1 aliphatic heterocycles. The average molecular weight is 587 g/mol. The van der Waals surface area contributed by atoms with Crippen molar-refractivity contribution in [2.75, 3.05) is 13.2 Å². The van der Waals surface area contributed by atoms with Gasteiger partial charge in [0.1, 0.15) is 24.4 Å². The second-order valence-corrected chi connectivity index (χ2v) is 10.6. The zero-order valence-corrected chi connectivity index (χ0v) is 24.1. The number of carbonyl (C=O) groups is 4. The van der Waals surface area contributed by atoms with Crippen molar-refractivity contribution in [2.24, 2.45) is 0 Å². The van der Waals surface area contributed by atoms with E-state index in [1.54, 1.807) is 24.3 Å². The van der Waals surface area contributed by atoms with Crippen molar-refractivity contribution in [3.05, 3.63) is 102 Å². The van der Waals surface area contributed by atoms with Crippen molar-refractivity contribution in [3.8, 4) is 5.75 Å². The Hall–Kier alpha value is -4.70. The second-order valence-electron chi connectivity index (χ2n) is 10.6. The number of fused-ring (bicyclic) bond motifs is 1. The van der Waals surface area contributed by atoms with Crippen molar-refractivity contribution in [1.29, 1.82) is 0 Å². The Balaban J connectivity index is 1.54. The lowest BCUT2D eigenvalue weighted by Crippen LogP contribution is -2.57. The van der Waals surface area contributed by atoms with Crippen LogP contribution in [0.5, 0.6) is 5.75 Å². The van der Waals surface area contributed by atoms with Crippen LogP contribution in [0.25, 0.3) is 0 Å². The van der Waals surface area contributed by atoms with Gasteiger partial charge in [-0.2, -0.15) is 0 Å². The molecule has 10 heteroatoms. The number of aliphatic hydroxyl groups excluding tert-OH is 1. The molecule has 0 aliphatic carbocycles. The molecule has 0 bridgehead atoms. The molecule has 10 nitrogen and oxygen atoms in total. The predicted molar refractivity (Wildman–Crippen MR) is 161 cm³/mol. The number of benzene rings is 3. The minimum Gasteiger partial charge on any atom is -0.491 e. The van der Waals surface area contributed by atoms with Crippen LogP contribution in [-0.4, -0.2) is 66.1 Å². The quantitative estimate of drug-likeness (QED) is 0.255. The highest BCUT2D eigenvalue weighted by atomic mass is 16.5. The fourth-order valence-corrected chi connectivity index (χ4v) is 4.85. The number of nitrogens with one attached hydrogen (secondary N) is 4. The van der Waals surface area contributed by atoms with Gasteiger partial charge in [0.15, 0.2) is 0 Å². The fraction of sp³-hybridized carbons (Fsp3) is 0.333. The molecule has 0 aromatic heterocycles. The molecule has 1 aliphatic rings. The van der Waals surface area contributed by atoms with Gasteiger partial charge < -0.3 is 31.1 Å². The molecule has 0 fully saturated rings. The highest BCUT2D eigenvalue weighted by Crippen LogP contribution is 2.19. The van der Waals surface area contributed by atoms with Crippen LogP contribution in [-0.2, 0) is 27.2 Å². The summed E-state index contributed by atoms with van der Waals surface area (Å²) in [4.78, 5) is 53.0. The number of hydrogen-bond donors (Lipinski definition) is 5. The summed E-state index contributed by atoms with van der Waals surface area (Å²) in [6.07, 6.45) is 0.153. The topological polar surface area (TPSA) is 146 Å². The highest BCUT2D eigenvalue weighted by molar-refractivity contribution is 6.01. The summed E-state index contributed by atoms with van der Waals surface area (Å²) in [5, 5.41) is 21.3. The van der Waals surface area contributed by atoms with E-state index in [1.165, 1.54) is 6.92 Å². The first-order valence-electron chi connectivity index (χ1n) is 14.5. The van der Waals surface area contributed by atoms with Gasteiger partial charge in [0, 0.05) is 6.54 Å². The maximum absolute atomic E-state index is 13.4. The first-order chi connectivity index (χ1) is 20.8. The van der Waals surface area contributed by atoms with E-state index < -0.39 is 54.3 Å². The molecule has 0 saturated heterocycles. The maximum Gasteiger partial charge on any atom is 0.255 e. The van der Waals surface area contributed by atoms with Crippen LogP contribution in [0.15, 0.2) is 84.9 Å². The summed E-state index contributed by atoms with van der Waals surface area (Å²) >= 11 is 0. The molecular formula is C33H38N4O6. The molecule has 43 heavy (non-hydrogen) atoms. The standard InChI is InChI=1S/C33H38N4O6/c1-22(38)30-33(42)35-25(19-24-13-6-3-7-14-24)21-43-28-17-9-8-16-26(28)31(40)36-27(20-29(39)37-30)32(41)34-18-10-15-23-11-4-2-5-12-23/h2-9,11-14,16-17,22,25,27,30,38H,10,15,18-21H2,1H3,(H,34,41)(H,35,42)(H,36,40)(H,37,39)/t22-,25-,27+,30+/m1/s1. The Morgan fingerprint density at radius 3 is 2.26 bits per heavy atom. The number of carbonyl (C=O) groups excluding carboxylic acids is 4. The van der Waals surface area contributed by atoms with Crippen molar-refractivity contribution < 1.29 is 29.0 Å². The molecule has 3 aromatic rings. The lowest BCUT2D eigenvalue weighted by molar-refractivity contribution is -0.133. The van der Waals surface area contributed by atoms with E-state index in [-0.39, 0.29) is 17.9 Å². The zero-order valence-electron chi connectivity index (χ0n) is 24.1. The van der Waals surface area contributed by atoms with Crippen molar-refractivity contribution in [1.82, 2.24) is 21.3 Å². The third kappa shape index (κ3) is 9.40. The van der Waals surface area contributed by atoms with Crippen LogP contribution in [0.1, 0.15) is 41.3 Å². The molecule has 4 rings (SSSR count). The van der Waals surface area contributed by atoms with E-state index in [4.69, 9.17) is 4.74 Å². The Morgan fingerprint density at radius 2 is 1.56 bits per heavy atom. The number of ether oxygens (including phenoxy) is 1. The fourth-order valence-electron chi connectivity index (χ4n) is 4.85. The van der Waals surface area contributed by atoms with Gasteiger partial charge in [-0.05, 0) is 49.4 Å². The molecule has 3 aromatic carbocycles. The monoisotopic (exact) mass is 586 g/mol. The van der Waals surface area contributed by atoms with Gasteiger partial charge in [-0.15, -0.1) is 0 Å². The van der Waals surface area contributed by atoms with Crippen LogP contribution in [0, 0.1) is 0 Å². The van der Waals surface area contributed by atoms with Gasteiger partial charge >= 0.3 is 0 Å². The van der Waals surface area contributed by atoms with Crippen LogP contribution < -0.4 is 26.0 Å². The molecule has 0 unspecified atom stereocenters. The van der Waals surface area contributed by atoms with Gasteiger partial charge in [-0.1, -0.05) is 72.8 Å². The number of aryl methyl sites for hydroxylation is 1. The maximum atomic E-state index is 13.4. The first-order valence-corrected chi connectivity index (χ1v) is 14.5.